The monoisotopic (exact) mass is 641 g/mol. The van der Waals surface area contributed by atoms with E-state index >= 15 is 0 Å². The smallest absolute Gasteiger partial charge is 0.323 e. The van der Waals surface area contributed by atoms with E-state index in [1.165, 1.54) is 0 Å². The molecule has 4 atom stereocenters. The summed E-state index contributed by atoms with van der Waals surface area (Å²) in [7, 11) is 0. The third-order valence-electron chi connectivity index (χ3n) is 7.36. The molecule has 0 fully saturated rings. The first-order chi connectivity index (χ1) is 21.3. The number of ether oxygens (including phenoxy) is 2. The number of nitrogens with one attached hydrogen (secondary N) is 3. The van der Waals surface area contributed by atoms with E-state index in [1.807, 2.05) is 41.5 Å². The normalized spacial score (nSPS) is 14.0. The highest BCUT2D eigenvalue weighted by Crippen LogP contribution is 2.24. The highest BCUT2D eigenvalue weighted by molar-refractivity contribution is 6.30. The Labute approximate surface area is 269 Å². The van der Waals surface area contributed by atoms with Crippen molar-refractivity contribution in [3.8, 4) is 11.3 Å². The number of aromatic nitrogens is 3. The molecule has 0 saturated carbocycles. The van der Waals surface area contributed by atoms with Gasteiger partial charge in [-0.15, -0.1) is 0 Å². The van der Waals surface area contributed by atoms with Crippen molar-refractivity contribution >= 4 is 35.4 Å². The molecule has 3 aromatic rings. The van der Waals surface area contributed by atoms with Crippen molar-refractivity contribution in [2.24, 2.45) is 23.3 Å². The minimum Gasteiger partial charge on any atom is -0.462 e. The lowest BCUT2D eigenvalue weighted by Crippen LogP contribution is -2.39. The number of aryl methyl sites for hydroxylation is 1. The van der Waals surface area contributed by atoms with Crippen LogP contribution in [-0.2, 0) is 19.1 Å². The zero-order valence-electron chi connectivity index (χ0n) is 26.6. The fraction of sp³-hybridized carbons (Fsp3) is 0.469. The molecular formula is C32H44ClN7O5. The molecule has 0 bridgehead atoms. The van der Waals surface area contributed by atoms with E-state index in [0.29, 0.717) is 34.2 Å². The van der Waals surface area contributed by atoms with Crippen LogP contribution in [0.3, 0.4) is 0 Å². The molecule has 3 rings (SSSR count). The Balaban J connectivity index is 1.74. The number of carbonyl (C=O) groups is 3. The first kappa shape index (κ1) is 35.5. The Morgan fingerprint density at radius 3 is 2.24 bits per heavy atom. The van der Waals surface area contributed by atoms with Gasteiger partial charge in [-0.1, -0.05) is 58.4 Å². The number of benzene rings is 1. The molecule has 45 heavy (non-hydrogen) atoms. The number of halogens is 1. The molecule has 0 aliphatic heterocycles. The highest BCUT2D eigenvalue weighted by Gasteiger charge is 2.24. The van der Waals surface area contributed by atoms with Gasteiger partial charge in [0.15, 0.2) is 0 Å². The number of carbonyl (C=O) groups excluding carboxylic acids is 3. The van der Waals surface area contributed by atoms with E-state index in [4.69, 9.17) is 32.5 Å². The first-order valence-corrected chi connectivity index (χ1v) is 15.4. The number of nitrogens with zero attached hydrogens (tertiary/aromatic N) is 2. The molecule has 0 radical (unpaired) electrons. The van der Waals surface area contributed by atoms with Crippen LogP contribution in [0.1, 0.15) is 68.7 Å². The van der Waals surface area contributed by atoms with Crippen molar-refractivity contribution in [2.75, 3.05) is 18.5 Å². The first-order valence-electron chi connectivity index (χ1n) is 15.0. The van der Waals surface area contributed by atoms with E-state index in [2.05, 4.69) is 25.6 Å². The molecule has 0 aliphatic carbocycles. The second-order valence-corrected chi connectivity index (χ2v) is 12.1. The van der Waals surface area contributed by atoms with Gasteiger partial charge in [-0.3, -0.25) is 14.4 Å². The van der Waals surface area contributed by atoms with E-state index in [9.17, 15) is 14.4 Å². The Kier molecular flexibility index (Phi) is 12.9. The van der Waals surface area contributed by atoms with Crippen LogP contribution < -0.4 is 22.1 Å². The standard InChI is InChI=1S/C32H44ClN7O5/c1-7-23(15-44-30(42)26(34)17(2)3)38-32-37-13-19(6)28(40-32)21-12-24(36-14-21)29(41)39-25(20-9-8-10-22(33)11-20)16-45-31(43)27(35)18(4)5/h8-14,17-18,23,25-27,36H,7,15-16,34-35H2,1-6H3,(H,39,41)(H,37,38,40)/t23-,25-,26+,27+/m1/s1. The number of nitrogens with two attached hydrogens (primary N) is 2. The van der Waals surface area contributed by atoms with Gasteiger partial charge in [0.25, 0.3) is 5.91 Å². The van der Waals surface area contributed by atoms with Gasteiger partial charge in [-0.05, 0) is 54.5 Å². The maximum Gasteiger partial charge on any atom is 0.323 e. The second kappa shape index (κ2) is 16.4. The molecule has 12 nitrogen and oxygen atoms in total. The molecule has 7 N–H and O–H groups in total. The van der Waals surface area contributed by atoms with Crippen LogP contribution in [0.25, 0.3) is 11.3 Å². The third-order valence-corrected chi connectivity index (χ3v) is 7.59. The molecule has 1 amide bonds. The summed E-state index contributed by atoms with van der Waals surface area (Å²) in [4.78, 5) is 50.1. The van der Waals surface area contributed by atoms with Gasteiger partial charge in [0.05, 0.1) is 17.8 Å². The van der Waals surface area contributed by atoms with Crippen LogP contribution in [0.2, 0.25) is 5.02 Å². The molecule has 2 heterocycles. The molecule has 2 aromatic heterocycles. The number of hydrogen-bond donors (Lipinski definition) is 5. The number of hydrogen-bond acceptors (Lipinski definition) is 10. The number of rotatable bonds is 15. The Morgan fingerprint density at radius 2 is 1.64 bits per heavy atom. The topological polar surface area (TPSA) is 187 Å². The summed E-state index contributed by atoms with van der Waals surface area (Å²) in [6, 6.07) is 6.24. The van der Waals surface area contributed by atoms with Crippen molar-refractivity contribution in [3.05, 3.63) is 64.6 Å². The van der Waals surface area contributed by atoms with Crippen molar-refractivity contribution in [3.63, 3.8) is 0 Å². The summed E-state index contributed by atoms with van der Waals surface area (Å²) in [6.07, 6.45) is 4.00. The summed E-state index contributed by atoms with van der Waals surface area (Å²) in [5.41, 5.74) is 14.8. The molecule has 0 aliphatic rings. The lowest BCUT2D eigenvalue weighted by Gasteiger charge is -2.21. The minimum absolute atomic E-state index is 0.0317. The molecule has 0 saturated heterocycles. The summed E-state index contributed by atoms with van der Waals surface area (Å²) >= 11 is 6.20. The third kappa shape index (κ3) is 10.0. The summed E-state index contributed by atoms with van der Waals surface area (Å²) < 4.78 is 10.9. The summed E-state index contributed by atoms with van der Waals surface area (Å²) in [5, 5.41) is 6.61. The van der Waals surface area contributed by atoms with Crippen LogP contribution in [-0.4, -0.2) is 64.1 Å². The van der Waals surface area contributed by atoms with Crippen molar-refractivity contribution in [1.82, 2.24) is 20.3 Å². The number of esters is 2. The fourth-order valence-electron chi connectivity index (χ4n) is 4.18. The number of anilines is 1. The Morgan fingerprint density at radius 1 is 1.00 bits per heavy atom. The predicted molar refractivity (Wildman–Crippen MR) is 173 cm³/mol. The number of amides is 1. The fourth-order valence-corrected chi connectivity index (χ4v) is 4.37. The van der Waals surface area contributed by atoms with Gasteiger partial charge in [0, 0.05) is 23.0 Å². The maximum absolute atomic E-state index is 13.4. The second-order valence-electron chi connectivity index (χ2n) is 11.7. The molecule has 0 unspecified atom stereocenters. The number of aromatic amines is 1. The molecule has 0 spiro atoms. The van der Waals surface area contributed by atoms with Gasteiger partial charge in [0.2, 0.25) is 5.95 Å². The van der Waals surface area contributed by atoms with E-state index in [-0.39, 0.29) is 36.8 Å². The van der Waals surface area contributed by atoms with Crippen LogP contribution >= 0.6 is 11.6 Å². The summed E-state index contributed by atoms with van der Waals surface area (Å²) in [6.45, 7) is 11.2. The molecule has 13 heteroatoms. The van der Waals surface area contributed by atoms with Gasteiger partial charge in [0.1, 0.15) is 31.0 Å². The molecule has 1 aromatic carbocycles. The molecular weight excluding hydrogens is 598 g/mol. The van der Waals surface area contributed by atoms with Crippen LogP contribution in [0, 0.1) is 18.8 Å². The van der Waals surface area contributed by atoms with E-state index in [0.717, 1.165) is 5.56 Å². The van der Waals surface area contributed by atoms with Crippen LogP contribution in [0.4, 0.5) is 5.95 Å². The largest absolute Gasteiger partial charge is 0.462 e. The molecule has 244 valence electrons. The lowest BCUT2D eigenvalue weighted by atomic mass is 10.1. The minimum atomic E-state index is -0.784. The predicted octanol–water partition coefficient (Wildman–Crippen LogP) is 4.15. The maximum atomic E-state index is 13.4. The zero-order valence-corrected chi connectivity index (χ0v) is 27.4. The lowest BCUT2D eigenvalue weighted by molar-refractivity contribution is -0.147. The van der Waals surface area contributed by atoms with Gasteiger partial charge < -0.3 is 36.6 Å². The van der Waals surface area contributed by atoms with E-state index < -0.39 is 36.0 Å². The van der Waals surface area contributed by atoms with Gasteiger partial charge >= 0.3 is 11.9 Å². The van der Waals surface area contributed by atoms with Crippen molar-refractivity contribution in [2.45, 2.75) is 72.1 Å². The van der Waals surface area contributed by atoms with Crippen LogP contribution in [0.15, 0.2) is 42.7 Å². The average Bonchev–Trinajstić information content (AvgIpc) is 3.51. The van der Waals surface area contributed by atoms with Gasteiger partial charge in [-0.25, -0.2) is 9.97 Å². The van der Waals surface area contributed by atoms with E-state index in [1.54, 1.807) is 42.7 Å². The summed E-state index contributed by atoms with van der Waals surface area (Å²) in [5.74, 6) is -1.22. The van der Waals surface area contributed by atoms with Crippen molar-refractivity contribution in [1.29, 1.82) is 0 Å². The Bertz CT molecular complexity index is 1460. The Hall–Kier alpha value is -4.00. The number of H-pyrrole nitrogens is 1. The average molecular weight is 642 g/mol. The zero-order chi connectivity index (χ0) is 33.3. The highest BCUT2D eigenvalue weighted by atomic mass is 35.5. The van der Waals surface area contributed by atoms with Gasteiger partial charge in [-0.2, -0.15) is 0 Å². The SMILES string of the molecule is CC[C@H](COC(=O)[C@@H](N)C(C)C)Nc1ncc(C)c(-c2c[nH]c(C(=O)N[C@H](COC(=O)[C@@H](N)C(C)C)c3cccc(Cl)c3)c2)n1. The quantitative estimate of drug-likeness (QED) is 0.151. The van der Waals surface area contributed by atoms with Crippen molar-refractivity contribution < 1.29 is 23.9 Å². The van der Waals surface area contributed by atoms with Crippen LogP contribution in [0.5, 0.6) is 0 Å².